The number of hydrogen-bond acceptors (Lipinski definition) is 4. The molecule has 168 valence electrons. The molecule has 0 radical (unpaired) electrons. The molecule has 2 amide bonds. The molecule has 1 aliphatic rings. The van der Waals surface area contributed by atoms with Crippen molar-refractivity contribution in [2.45, 2.75) is 13.2 Å². The van der Waals surface area contributed by atoms with Crippen molar-refractivity contribution in [1.82, 2.24) is 4.90 Å². The summed E-state index contributed by atoms with van der Waals surface area (Å²) >= 11 is 22.6. The van der Waals surface area contributed by atoms with Crippen LogP contribution in [0.15, 0.2) is 70.0 Å². The maximum Gasteiger partial charge on any atom is 0.293 e. The van der Waals surface area contributed by atoms with Gasteiger partial charge in [-0.1, -0.05) is 59.1 Å². The van der Waals surface area contributed by atoms with Crippen LogP contribution < -0.4 is 4.74 Å². The van der Waals surface area contributed by atoms with Gasteiger partial charge in [-0.15, -0.1) is 0 Å². The number of rotatable bonds is 6. The summed E-state index contributed by atoms with van der Waals surface area (Å²) in [6.45, 7) is 0.500. The van der Waals surface area contributed by atoms with Crippen molar-refractivity contribution in [3.63, 3.8) is 0 Å². The minimum atomic E-state index is -0.352. The monoisotopic (exact) mass is 581 g/mol. The molecule has 1 saturated heterocycles. The minimum absolute atomic E-state index is 0.182. The van der Waals surface area contributed by atoms with Crippen LogP contribution in [0.4, 0.5) is 4.79 Å². The van der Waals surface area contributed by atoms with Crippen molar-refractivity contribution in [2.75, 3.05) is 0 Å². The van der Waals surface area contributed by atoms with Gasteiger partial charge in [-0.2, -0.15) is 0 Å². The van der Waals surface area contributed by atoms with Crippen LogP contribution >= 0.6 is 62.5 Å². The first-order chi connectivity index (χ1) is 15.8. The Kier molecular flexibility index (Phi) is 7.72. The van der Waals surface area contributed by atoms with E-state index in [2.05, 4.69) is 15.9 Å². The molecule has 33 heavy (non-hydrogen) atoms. The molecule has 0 spiro atoms. The molecule has 3 aromatic rings. The average molecular weight is 584 g/mol. The molecule has 9 heteroatoms. The van der Waals surface area contributed by atoms with Gasteiger partial charge >= 0.3 is 0 Å². The Bertz CT molecular complexity index is 1220. The molecule has 1 aliphatic heterocycles. The number of carbonyl (C=O) groups is 2. The third kappa shape index (κ3) is 5.94. The number of carbonyl (C=O) groups excluding carboxylic acids is 2. The highest BCUT2D eigenvalue weighted by atomic mass is 79.9. The zero-order chi connectivity index (χ0) is 23.5. The normalized spacial score (nSPS) is 14.9. The summed E-state index contributed by atoms with van der Waals surface area (Å²) in [6, 6.07) is 17.8. The van der Waals surface area contributed by atoms with Crippen molar-refractivity contribution < 1.29 is 14.3 Å². The van der Waals surface area contributed by atoms with Crippen LogP contribution in [0.1, 0.15) is 16.7 Å². The minimum Gasteiger partial charge on any atom is -0.486 e. The van der Waals surface area contributed by atoms with Gasteiger partial charge < -0.3 is 4.74 Å². The molecule has 0 N–H and O–H groups in total. The van der Waals surface area contributed by atoms with Crippen LogP contribution in [0.25, 0.3) is 6.08 Å². The molecule has 1 heterocycles. The van der Waals surface area contributed by atoms with E-state index in [0.29, 0.717) is 42.4 Å². The van der Waals surface area contributed by atoms with E-state index in [0.717, 1.165) is 22.9 Å². The number of ether oxygens (including phenoxy) is 1. The lowest BCUT2D eigenvalue weighted by molar-refractivity contribution is -0.123. The van der Waals surface area contributed by atoms with Crippen molar-refractivity contribution in [2.24, 2.45) is 0 Å². The molecule has 1 fully saturated rings. The lowest BCUT2D eigenvalue weighted by Crippen LogP contribution is -2.27. The van der Waals surface area contributed by atoms with E-state index in [1.807, 2.05) is 12.1 Å². The van der Waals surface area contributed by atoms with Gasteiger partial charge in [0.2, 0.25) is 0 Å². The average Bonchev–Trinajstić information content (AvgIpc) is 3.03. The van der Waals surface area contributed by atoms with Crippen LogP contribution in [-0.2, 0) is 17.9 Å². The van der Waals surface area contributed by atoms with Gasteiger partial charge in [-0.3, -0.25) is 14.5 Å². The quantitative estimate of drug-likeness (QED) is 0.274. The van der Waals surface area contributed by atoms with Crippen molar-refractivity contribution >= 4 is 79.7 Å². The number of thioether (sulfide) groups is 1. The third-order valence-electron chi connectivity index (χ3n) is 4.74. The number of imide groups is 1. The Hall–Kier alpha value is -1.96. The Morgan fingerprint density at radius 3 is 2.12 bits per heavy atom. The zero-order valence-corrected chi connectivity index (χ0v) is 21.5. The van der Waals surface area contributed by atoms with Gasteiger partial charge in [-0.25, -0.2) is 0 Å². The molecule has 0 aliphatic carbocycles. The van der Waals surface area contributed by atoms with E-state index in [1.54, 1.807) is 54.6 Å². The van der Waals surface area contributed by atoms with E-state index in [-0.39, 0.29) is 17.7 Å². The standard InChI is InChI=1S/C24H15BrCl3NO3S/c25-19-9-16(10-20(28)22(19)32-13-15-3-7-18(27)8-4-15)11-21-23(30)29(24(31)33-21)12-14-1-5-17(26)6-2-14/h1-11H,12-13H2/b21-11+. The highest BCUT2D eigenvalue weighted by Gasteiger charge is 2.35. The third-order valence-corrected chi connectivity index (χ3v) is 7.02. The first-order valence-corrected chi connectivity index (χ1v) is 12.4. The fourth-order valence-corrected chi connectivity index (χ4v) is 5.18. The maximum atomic E-state index is 12.8. The van der Waals surface area contributed by atoms with E-state index in [4.69, 9.17) is 39.5 Å². The number of benzene rings is 3. The molecular formula is C24H15BrCl3NO3S. The predicted octanol–water partition coefficient (Wildman–Crippen LogP) is 8.22. The van der Waals surface area contributed by atoms with Gasteiger partial charge in [-0.05, 0) is 86.9 Å². The van der Waals surface area contributed by atoms with E-state index in [1.165, 1.54) is 4.90 Å². The summed E-state index contributed by atoms with van der Waals surface area (Å²) in [7, 11) is 0. The molecule has 0 saturated carbocycles. The molecule has 3 aromatic carbocycles. The van der Waals surface area contributed by atoms with E-state index >= 15 is 0 Å². The second-order valence-corrected chi connectivity index (χ2v) is 10.3. The highest BCUT2D eigenvalue weighted by Crippen LogP contribution is 2.38. The summed E-state index contributed by atoms with van der Waals surface area (Å²) in [6.07, 6.45) is 1.65. The van der Waals surface area contributed by atoms with Gasteiger partial charge in [0.1, 0.15) is 6.61 Å². The first kappa shape index (κ1) is 24.2. The number of nitrogens with zero attached hydrogens (tertiary/aromatic N) is 1. The lowest BCUT2D eigenvalue weighted by Gasteiger charge is -2.12. The predicted molar refractivity (Wildman–Crippen MR) is 138 cm³/mol. The second-order valence-electron chi connectivity index (χ2n) is 7.12. The maximum absolute atomic E-state index is 12.8. The van der Waals surface area contributed by atoms with Gasteiger partial charge in [0.25, 0.3) is 11.1 Å². The number of amides is 2. The van der Waals surface area contributed by atoms with E-state index < -0.39 is 0 Å². The molecule has 0 aromatic heterocycles. The Balaban J connectivity index is 1.49. The van der Waals surface area contributed by atoms with Crippen molar-refractivity contribution in [3.8, 4) is 5.75 Å². The van der Waals surface area contributed by atoms with Gasteiger partial charge in [0, 0.05) is 10.0 Å². The van der Waals surface area contributed by atoms with Gasteiger partial charge in [0.05, 0.1) is 20.9 Å². The molecule has 4 nitrogen and oxygen atoms in total. The van der Waals surface area contributed by atoms with Crippen molar-refractivity contribution in [1.29, 1.82) is 0 Å². The smallest absolute Gasteiger partial charge is 0.293 e. The highest BCUT2D eigenvalue weighted by molar-refractivity contribution is 9.10. The van der Waals surface area contributed by atoms with Crippen LogP contribution in [-0.4, -0.2) is 16.0 Å². The van der Waals surface area contributed by atoms with Gasteiger partial charge in [0.15, 0.2) is 5.75 Å². The largest absolute Gasteiger partial charge is 0.486 e. The Morgan fingerprint density at radius 1 is 0.909 bits per heavy atom. The van der Waals surface area contributed by atoms with Crippen LogP contribution in [0, 0.1) is 0 Å². The van der Waals surface area contributed by atoms with Crippen LogP contribution in [0.3, 0.4) is 0 Å². The van der Waals surface area contributed by atoms with E-state index in [9.17, 15) is 9.59 Å². The molecule has 4 rings (SSSR count). The molecule has 0 unspecified atom stereocenters. The SMILES string of the molecule is O=C1S/C(=C/c2cc(Cl)c(OCc3ccc(Cl)cc3)c(Br)c2)C(=O)N1Cc1ccc(Cl)cc1. The molecule has 0 atom stereocenters. The summed E-state index contributed by atoms with van der Waals surface area (Å²) in [4.78, 5) is 26.8. The lowest BCUT2D eigenvalue weighted by atomic mass is 10.2. The topological polar surface area (TPSA) is 46.6 Å². The summed E-state index contributed by atoms with van der Waals surface area (Å²) in [5.41, 5.74) is 2.43. The fraction of sp³-hybridized carbons (Fsp3) is 0.0833. The summed E-state index contributed by atoms with van der Waals surface area (Å²) in [5, 5.41) is 1.30. The zero-order valence-electron chi connectivity index (χ0n) is 16.9. The first-order valence-electron chi connectivity index (χ1n) is 9.66. The Morgan fingerprint density at radius 2 is 1.52 bits per heavy atom. The van der Waals surface area contributed by atoms with Crippen LogP contribution in [0.5, 0.6) is 5.75 Å². The molecular weight excluding hydrogens is 569 g/mol. The van der Waals surface area contributed by atoms with Crippen LogP contribution in [0.2, 0.25) is 15.1 Å². The summed E-state index contributed by atoms with van der Waals surface area (Å²) < 4.78 is 6.50. The number of hydrogen-bond donors (Lipinski definition) is 0. The Labute approximate surface area is 218 Å². The summed E-state index contributed by atoms with van der Waals surface area (Å²) in [5.74, 6) is 0.134. The fourth-order valence-electron chi connectivity index (χ4n) is 3.10. The van der Waals surface area contributed by atoms with Crippen molar-refractivity contribution in [3.05, 3.63) is 102 Å². The number of halogens is 4. The second kappa shape index (κ2) is 10.5. The molecule has 0 bridgehead atoms.